The molecule has 1 atom stereocenters. The minimum Gasteiger partial charge on any atom is -0.493 e. The molecular weight excluding hydrogens is 286 g/mol. The quantitative estimate of drug-likeness (QED) is 0.694. The van der Waals surface area contributed by atoms with Crippen LogP contribution in [0.2, 0.25) is 5.02 Å². The third-order valence-corrected chi connectivity index (χ3v) is 3.95. The Morgan fingerprint density at radius 3 is 2.62 bits per heavy atom. The Hall–Kier alpha value is -0.930. The molecule has 3 nitrogen and oxygen atoms in total. The Morgan fingerprint density at radius 2 is 2.05 bits per heavy atom. The summed E-state index contributed by atoms with van der Waals surface area (Å²) in [5.74, 6) is 2.06. The van der Waals surface area contributed by atoms with Crippen molar-refractivity contribution in [1.29, 1.82) is 0 Å². The highest BCUT2D eigenvalue weighted by Crippen LogP contribution is 2.35. The monoisotopic (exact) mass is 313 g/mol. The maximum absolute atomic E-state index is 6.12. The first-order valence-corrected chi connectivity index (χ1v) is 8.23. The topological polar surface area (TPSA) is 44.5 Å². The van der Waals surface area contributed by atoms with Crippen molar-refractivity contribution >= 4 is 11.6 Å². The van der Waals surface area contributed by atoms with Crippen LogP contribution in [0.25, 0.3) is 0 Å². The molecule has 1 aromatic rings. The summed E-state index contributed by atoms with van der Waals surface area (Å²) in [6.45, 7) is 5.71. The van der Waals surface area contributed by atoms with E-state index in [2.05, 4.69) is 13.8 Å². The first-order valence-electron chi connectivity index (χ1n) is 7.85. The third-order valence-electron chi connectivity index (χ3n) is 3.74. The highest BCUT2D eigenvalue weighted by molar-refractivity contribution is 6.30. The van der Waals surface area contributed by atoms with Crippen LogP contribution in [0.3, 0.4) is 0 Å². The van der Waals surface area contributed by atoms with Crippen LogP contribution in [0.1, 0.15) is 45.1 Å². The maximum atomic E-state index is 6.12. The van der Waals surface area contributed by atoms with Crippen LogP contribution in [-0.2, 0) is 6.42 Å². The molecule has 1 rings (SSSR count). The number of ether oxygens (including phenoxy) is 2. The number of unbranched alkanes of at least 4 members (excludes halogenated alkanes) is 1. The lowest BCUT2D eigenvalue weighted by Crippen LogP contribution is -2.13. The maximum Gasteiger partial charge on any atom is 0.164 e. The summed E-state index contributed by atoms with van der Waals surface area (Å²) in [6.07, 6.45) is 5.53. The molecule has 0 aliphatic carbocycles. The number of hydrogen-bond acceptors (Lipinski definition) is 3. The smallest absolute Gasteiger partial charge is 0.164 e. The van der Waals surface area contributed by atoms with Crippen molar-refractivity contribution in [3.63, 3.8) is 0 Å². The molecule has 0 fully saturated rings. The highest BCUT2D eigenvalue weighted by atomic mass is 35.5. The predicted molar refractivity (Wildman–Crippen MR) is 89.6 cm³/mol. The summed E-state index contributed by atoms with van der Waals surface area (Å²) in [4.78, 5) is 0. The van der Waals surface area contributed by atoms with Gasteiger partial charge in [-0.15, -0.1) is 0 Å². The van der Waals surface area contributed by atoms with E-state index in [-0.39, 0.29) is 0 Å². The van der Waals surface area contributed by atoms with E-state index >= 15 is 0 Å². The number of methoxy groups -OCH3 is 1. The van der Waals surface area contributed by atoms with Crippen LogP contribution in [0.5, 0.6) is 11.5 Å². The second-order valence-corrected chi connectivity index (χ2v) is 5.80. The molecule has 1 unspecified atom stereocenters. The van der Waals surface area contributed by atoms with Gasteiger partial charge in [0.2, 0.25) is 0 Å². The Balaban J connectivity index is 2.84. The largest absolute Gasteiger partial charge is 0.493 e. The van der Waals surface area contributed by atoms with E-state index < -0.39 is 0 Å². The second-order valence-electron chi connectivity index (χ2n) is 5.36. The van der Waals surface area contributed by atoms with Gasteiger partial charge in [0.05, 0.1) is 13.7 Å². The van der Waals surface area contributed by atoms with Gasteiger partial charge in [0.1, 0.15) is 0 Å². The van der Waals surface area contributed by atoms with Gasteiger partial charge in [-0.1, -0.05) is 44.7 Å². The van der Waals surface area contributed by atoms with Crippen LogP contribution in [0.15, 0.2) is 12.1 Å². The van der Waals surface area contributed by atoms with Gasteiger partial charge < -0.3 is 15.2 Å². The minimum atomic E-state index is 0.562. The molecule has 0 saturated heterocycles. The fourth-order valence-corrected chi connectivity index (χ4v) is 2.61. The molecular formula is C17H28ClNO2. The lowest BCUT2D eigenvalue weighted by molar-refractivity contribution is 0.222. The first kappa shape index (κ1) is 18.1. The summed E-state index contributed by atoms with van der Waals surface area (Å²) in [5.41, 5.74) is 6.70. The normalized spacial score (nSPS) is 12.2. The van der Waals surface area contributed by atoms with E-state index in [1.807, 2.05) is 6.07 Å². The Morgan fingerprint density at radius 1 is 1.29 bits per heavy atom. The molecule has 0 amide bonds. The van der Waals surface area contributed by atoms with Gasteiger partial charge in [-0.2, -0.15) is 0 Å². The van der Waals surface area contributed by atoms with Crippen molar-refractivity contribution in [1.82, 2.24) is 0 Å². The van der Waals surface area contributed by atoms with E-state index in [1.165, 1.54) is 19.3 Å². The lowest BCUT2D eigenvalue weighted by Gasteiger charge is -2.19. The summed E-state index contributed by atoms with van der Waals surface area (Å²) in [5, 5.41) is 0.653. The van der Waals surface area contributed by atoms with E-state index in [0.717, 1.165) is 24.2 Å². The van der Waals surface area contributed by atoms with Gasteiger partial charge in [-0.25, -0.2) is 0 Å². The minimum absolute atomic E-state index is 0.562. The van der Waals surface area contributed by atoms with Crippen LogP contribution in [0.4, 0.5) is 0 Å². The standard InChI is InChI=1S/C17H28ClNO2/c1-4-6-7-13(5-2)12-21-17-14(8-9-19)10-15(18)11-16(17)20-3/h10-11,13H,4-9,12,19H2,1-3H3. The third kappa shape index (κ3) is 5.76. The Labute approximate surface area is 133 Å². The second kappa shape index (κ2) is 9.91. The zero-order chi connectivity index (χ0) is 15.7. The zero-order valence-electron chi connectivity index (χ0n) is 13.5. The number of rotatable bonds is 10. The summed E-state index contributed by atoms with van der Waals surface area (Å²) in [6, 6.07) is 3.71. The zero-order valence-corrected chi connectivity index (χ0v) is 14.2. The van der Waals surface area contributed by atoms with Crippen LogP contribution >= 0.6 is 11.6 Å². The van der Waals surface area contributed by atoms with E-state index in [1.54, 1.807) is 13.2 Å². The first-order chi connectivity index (χ1) is 10.2. The predicted octanol–water partition coefficient (Wildman–Crippen LogP) is 4.45. The van der Waals surface area contributed by atoms with Crippen LogP contribution in [-0.4, -0.2) is 20.3 Å². The number of benzene rings is 1. The molecule has 2 N–H and O–H groups in total. The highest BCUT2D eigenvalue weighted by Gasteiger charge is 2.15. The van der Waals surface area contributed by atoms with Crippen molar-refractivity contribution in [3.05, 3.63) is 22.7 Å². The molecule has 0 saturated carbocycles. The fourth-order valence-electron chi connectivity index (χ4n) is 2.38. The van der Waals surface area contributed by atoms with Gasteiger partial charge in [-0.3, -0.25) is 0 Å². The van der Waals surface area contributed by atoms with Crippen LogP contribution < -0.4 is 15.2 Å². The van der Waals surface area contributed by atoms with Gasteiger partial charge >= 0.3 is 0 Å². The van der Waals surface area contributed by atoms with Crippen molar-refractivity contribution < 1.29 is 9.47 Å². The molecule has 0 spiro atoms. The molecule has 0 heterocycles. The molecule has 0 aliphatic heterocycles. The fraction of sp³-hybridized carbons (Fsp3) is 0.647. The lowest BCUT2D eigenvalue weighted by atomic mass is 10.0. The van der Waals surface area contributed by atoms with Crippen LogP contribution in [0, 0.1) is 5.92 Å². The average Bonchev–Trinajstić information content (AvgIpc) is 2.48. The Kier molecular flexibility index (Phi) is 8.55. The molecule has 0 radical (unpaired) electrons. The Bertz CT molecular complexity index is 423. The van der Waals surface area contributed by atoms with E-state index in [9.17, 15) is 0 Å². The van der Waals surface area contributed by atoms with Gasteiger partial charge in [0, 0.05) is 16.7 Å². The molecule has 0 aliphatic rings. The number of hydrogen-bond donors (Lipinski definition) is 1. The van der Waals surface area contributed by atoms with Gasteiger partial charge in [-0.05, 0) is 31.4 Å². The summed E-state index contributed by atoms with van der Waals surface area (Å²) >= 11 is 6.12. The molecule has 120 valence electrons. The van der Waals surface area contributed by atoms with Crippen molar-refractivity contribution in [2.75, 3.05) is 20.3 Å². The number of nitrogens with two attached hydrogens (primary N) is 1. The van der Waals surface area contributed by atoms with Crippen molar-refractivity contribution in [3.8, 4) is 11.5 Å². The molecule has 21 heavy (non-hydrogen) atoms. The summed E-state index contributed by atoms with van der Waals surface area (Å²) in [7, 11) is 1.64. The molecule has 4 heteroatoms. The molecule has 0 bridgehead atoms. The average molecular weight is 314 g/mol. The van der Waals surface area contributed by atoms with Gasteiger partial charge in [0.15, 0.2) is 11.5 Å². The number of halogens is 1. The molecule has 1 aromatic carbocycles. The molecule has 0 aromatic heterocycles. The van der Waals surface area contributed by atoms with Crippen molar-refractivity contribution in [2.24, 2.45) is 11.7 Å². The summed E-state index contributed by atoms with van der Waals surface area (Å²) < 4.78 is 11.5. The SMILES string of the molecule is CCCCC(CC)COc1c(CCN)cc(Cl)cc1OC. The van der Waals surface area contributed by atoms with Crippen molar-refractivity contribution in [2.45, 2.75) is 46.0 Å². The van der Waals surface area contributed by atoms with E-state index in [4.69, 9.17) is 26.8 Å². The van der Waals surface area contributed by atoms with E-state index in [0.29, 0.717) is 29.8 Å². The van der Waals surface area contributed by atoms with Gasteiger partial charge in [0.25, 0.3) is 0 Å².